The van der Waals surface area contributed by atoms with Crippen molar-refractivity contribution in [1.82, 2.24) is 0 Å². The predicted octanol–water partition coefficient (Wildman–Crippen LogP) is 2.70. The molecule has 0 aromatic heterocycles. The fourth-order valence-electron chi connectivity index (χ4n) is 3.52. The summed E-state index contributed by atoms with van der Waals surface area (Å²) in [6.45, 7) is 4.08. The smallest absolute Gasteiger partial charge is 0.121 e. The molecule has 0 saturated carbocycles. The highest BCUT2D eigenvalue weighted by Gasteiger charge is 2.51. The third kappa shape index (κ3) is 2.13. The minimum atomic E-state index is -0.474. The lowest BCUT2D eigenvalue weighted by Crippen LogP contribution is -3.17. The third-order valence-electron chi connectivity index (χ3n) is 5.04. The van der Waals surface area contributed by atoms with Gasteiger partial charge in [0.15, 0.2) is 0 Å². The lowest BCUT2D eigenvalue weighted by atomic mass is 9.89. The first-order valence-corrected chi connectivity index (χ1v) is 7.37. The molecule has 1 aliphatic heterocycles. The van der Waals surface area contributed by atoms with Crippen LogP contribution in [0.15, 0.2) is 54.6 Å². The van der Waals surface area contributed by atoms with Crippen molar-refractivity contribution in [3.63, 3.8) is 0 Å². The molecule has 110 valence electrons. The van der Waals surface area contributed by atoms with Gasteiger partial charge in [0.05, 0.1) is 0 Å². The van der Waals surface area contributed by atoms with Gasteiger partial charge in [-0.2, -0.15) is 0 Å². The molecular formula is C18H21NO2. The molecule has 2 N–H and O–H groups in total. The van der Waals surface area contributed by atoms with E-state index in [9.17, 15) is 10.3 Å². The summed E-state index contributed by atoms with van der Waals surface area (Å²) in [7, 11) is 0. The standard InChI is InChI=1S/C18H21NO2/c1-17(14-6-4-3-5-7-14)12-13-18(2,19(17)21)15-8-10-16(20)11-9-15/h3-11,19-20H,12-13H2,1-2H3/t17-,18-/m0/s1. The van der Waals surface area contributed by atoms with Gasteiger partial charge in [0.2, 0.25) is 0 Å². The normalized spacial score (nSPS) is 32.2. The zero-order valence-corrected chi connectivity index (χ0v) is 12.5. The van der Waals surface area contributed by atoms with E-state index >= 15 is 0 Å². The van der Waals surface area contributed by atoms with Crippen LogP contribution in [0.4, 0.5) is 0 Å². The second kappa shape index (κ2) is 4.86. The number of rotatable bonds is 2. The maximum absolute atomic E-state index is 13.2. The van der Waals surface area contributed by atoms with Crippen LogP contribution >= 0.6 is 0 Å². The second-order valence-electron chi connectivity index (χ2n) is 6.41. The number of benzene rings is 2. The number of quaternary nitrogens is 1. The molecule has 3 rings (SSSR count). The highest BCUT2D eigenvalue weighted by Crippen LogP contribution is 2.38. The highest BCUT2D eigenvalue weighted by molar-refractivity contribution is 5.31. The molecule has 3 atom stereocenters. The molecule has 1 aliphatic rings. The fraction of sp³-hybridized carbons (Fsp3) is 0.333. The molecule has 3 nitrogen and oxygen atoms in total. The number of aromatic hydroxyl groups is 1. The molecule has 21 heavy (non-hydrogen) atoms. The molecule has 1 fully saturated rings. The van der Waals surface area contributed by atoms with E-state index in [1.54, 1.807) is 12.1 Å². The Hall–Kier alpha value is -1.84. The number of phenols is 1. The Morgan fingerprint density at radius 3 is 1.86 bits per heavy atom. The van der Waals surface area contributed by atoms with Gasteiger partial charge in [-0.15, -0.1) is 0 Å². The van der Waals surface area contributed by atoms with E-state index in [1.165, 1.54) is 0 Å². The fourth-order valence-corrected chi connectivity index (χ4v) is 3.52. The van der Waals surface area contributed by atoms with Crippen LogP contribution < -0.4 is 5.06 Å². The zero-order chi connectivity index (χ0) is 15.1. The number of nitrogens with one attached hydrogen (secondary N) is 1. The van der Waals surface area contributed by atoms with Crippen molar-refractivity contribution in [3.05, 3.63) is 70.9 Å². The highest BCUT2D eigenvalue weighted by atomic mass is 16.5. The molecule has 2 aromatic carbocycles. The van der Waals surface area contributed by atoms with E-state index in [0.29, 0.717) is 0 Å². The predicted molar refractivity (Wildman–Crippen MR) is 82.8 cm³/mol. The molecule has 0 amide bonds. The monoisotopic (exact) mass is 283 g/mol. The van der Waals surface area contributed by atoms with Crippen molar-refractivity contribution in [2.75, 3.05) is 0 Å². The van der Waals surface area contributed by atoms with Crippen molar-refractivity contribution >= 4 is 0 Å². The zero-order valence-electron chi connectivity index (χ0n) is 12.5. The molecular weight excluding hydrogens is 262 g/mol. The van der Waals surface area contributed by atoms with Crippen molar-refractivity contribution in [2.45, 2.75) is 37.8 Å². The van der Waals surface area contributed by atoms with Gasteiger partial charge in [0.1, 0.15) is 16.8 Å². The maximum Gasteiger partial charge on any atom is 0.121 e. The molecule has 0 spiro atoms. The molecule has 0 bridgehead atoms. The van der Waals surface area contributed by atoms with Crippen LogP contribution in [0, 0.1) is 5.21 Å². The van der Waals surface area contributed by atoms with Crippen molar-refractivity contribution < 1.29 is 10.2 Å². The number of hydrogen-bond donors (Lipinski definition) is 2. The van der Waals surface area contributed by atoms with Crippen LogP contribution in [0.5, 0.6) is 5.75 Å². The maximum atomic E-state index is 13.2. The average molecular weight is 283 g/mol. The third-order valence-corrected chi connectivity index (χ3v) is 5.04. The summed E-state index contributed by atoms with van der Waals surface area (Å²) in [4.78, 5) is 0. The summed E-state index contributed by atoms with van der Waals surface area (Å²) in [5.41, 5.74) is 1.19. The minimum Gasteiger partial charge on any atom is -0.633 e. The topological polar surface area (TPSA) is 47.7 Å². The van der Waals surface area contributed by atoms with E-state index in [0.717, 1.165) is 24.0 Å². The summed E-state index contributed by atoms with van der Waals surface area (Å²) in [6, 6.07) is 17.1. The van der Waals surface area contributed by atoms with Gasteiger partial charge in [-0.3, -0.25) is 0 Å². The summed E-state index contributed by atoms with van der Waals surface area (Å²) in [6.07, 6.45) is 1.69. The summed E-state index contributed by atoms with van der Waals surface area (Å²) >= 11 is 0. The number of hydroxylamine groups is 2. The number of hydrogen-bond acceptors (Lipinski definition) is 2. The van der Waals surface area contributed by atoms with Crippen molar-refractivity contribution in [3.8, 4) is 5.75 Å². The Bertz CT molecular complexity index is 625. The minimum absolute atomic E-state index is 0.235. The molecule has 3 heteroatoms. The van der Waals surface area contributed by atoms with Gasteiger partial charge in [-0.05, 0) is 38.1 Å². The average Bonchev–Trinajstić information content (AvgIpc) is 2.76. The molecule has 1 unspecified atom stereocenters. The Morgan fingerprint density at radius 2 is 1.33 bits per heavy atom. The molecule has 1 heterocycles. The van der Waals surface area contributed by atoms with E-state index in [2.05, 4.69) is 6.92 Å². The first-order chi connectivity index (χ1) is 9.97. The van der Waals surface area contributed by atoms with Gasteiger partial charge < -0.3 is 15.4 Å². The second-order valence-corrected chi connectivity index (χ2v) is 6.41. The lowest BCUT2D eigenvalue weighted by molar-refractivity contribution is -0.952. The number of phenolic OH excluding ortho intramolecular Hbond substituents is 1. The van der Waals surface area contributed by atoms with Gasteiger partial charge in [0, 0.05) is 24.0 Å². The Morgan fingerprint density at radius 1 is 0.857 bits per heavy atom. The van der Waals surface area contributed by atoms with E-state index < -0.39 is 11.1 Å². The summed E-state index contributed by atoms with van der Waals surface area (Å²) in [5.74, 6) is 0.235. The lowest BCUT2D eigenvalue weighted by Gasteiger charge is -2.44. The molecule has 0 aliphatic carbocycles. The molecule has 0 radical (unpaired) electrons. The van der Waals surface area contributed by atoms with Crippen molar-refractivity contribution in [2.24, 2.45) is 0 Å². The molecule has 2 aromatic rings. The molecule has 1 saturated heterocycles. The van der Waals surface area contributed by atoms with Gasteiger partial charge in [0.25, 0.3) is 0 Å². The van der Waals surface area contributed by atoms with Crippen LogP contribution in [-0.4, -0.2) is 5.11 Å². The summed E-state index contributed by atoms with van der Waals surface area (Å²) in [5, 5.41) is 22.9. The Balaban J connectivity index is 1.99. The van der Waals surface area contributed by atoms with Crippen LogP contribution in [-0.2, 0) is 11.1 Å². The SMILES string of the molecule is C[C@@]1(c2ccccc2)CC[C@@](C)(c2ccc(O)cc2)[NH+]1[O-]. The quantitative estimate of drug-likeness (QED) is 0.833. The van der Waals surface area contributed by atoms with E-state index in [-0.39, 0.29) is 10.8 Å². The van der Waals surface area contributed by atoms with Crippen LogP contribution in [0.25, 0.3) is 0 Å². The largest absolute Gasteiger partial charge is 0.633 e. The Kier molecular flexibility index (Phi) is 3.27. The Labute approximate surface area is 125 Å². The van der Waals surface area contributed by atoms with Crippen LogP contribution in [0.3, 0.4) is 0 Å². The van der Waals surface area contributed by atoms with Gasteiger partial charge in [-0.1, -0.05) is 30.3 Å². The first-order valence-electron chi connectivity index (χ1n) is 7.37. The van der Waals surface area contributed by atoms with Gasteiger partial charge >= 0.3 is 0 Å². The van der Waals surface area contributed by atoms with Crippen LogP contribution in [0.2, 0.25) is 0 Å². The van der Waals surface area contributed by atoms with E-state index in [4.69, 9.17) is 0 Å². The van der Waals surface area contributed by atoms with Crippen molar-refractivity contribution in [1.29, 1.82) is 0 Å². The van der Waals surface area contributed by atoms with E-state index in [1.807, 2.05) is 49.4 Å². The van der Waals surface area contributed by atoms with Crippen LogP contribution in [0.1, 0.15) is 37.8 Å². The summed E-state index contributed by atoms with van der Waals surface area (Å²) < 4.78 is 0. The van der Waals surface area contributed by atoms with Gasteiger partial charge in [-0.25, -0.2) is 0 Å². The first kappa shape index (κ1) is 14.1.